The lowest BCUT2D eigenvalue weighted by atomic mass is 9.98. The number of fused-ring (bicyclic) bond motifs is 2. The Morgan fingerprint density at radius 1 is 1.00 bits per heavy atom. The van der Waals surface area contributed by atoms with Crippen LogP contribution >= 0.6 is 0 Å². The molecule has 2 heterocycles. The lowest BCUT2D eigenvalue weighted by Gasteiger charge is -2.25. The van der Waals surface area contributed by atoms with E-state index in [1.807, 2.05) is 55.5 Å². The summed E-state index contributed by atoms with van der Waals surface area (Å²) in [5, 5.41) is 0.103. The van der Waals surface area contributed by atoms with Gasteiger partial charge in [-0.2, -0.15) is 0 Å². The monoisotopic (exact) mass is 473 g/mol. The number of hydrogen-bond donors (Lipinski definition) is 0. The van der Waals surface area contributed by atoms with Crippen molar-refractivity contribution in [3.63, 3.8) is 0 Å². The number of amides is 1. The molecule has 1 aliphatic rings. The summed E-state index contributed by atoms with van der Waals surface area (Å²) in [6.07, 6.45) is 0.847. The standard InChI is InChI=1S/C28H24FNO5/c1-3-13-34-21-6-4-5-18(14-21)25-24-26(31)22-15-19(29)9-12-23(22)35-27(24)28(32)30(25)16-17-7-10-20(33-2)11-8-17/h4-12,14-15,25H,3,13,16H2,1-2H3/t25-/m0/s1. The van der Waals surface area contributed by atoms with Crippen molar-refractivity contribution in [1.29, 1.82) is 0 Å². The summed E-state index contributed by atoms with van der Waals surface area (Å²) in [4.78, 5) is 28.8. The van der Waals surface area contributed by atoms with Crippen LogP contribution in [-0.2, 0) is 6.54 Å². The molecular weight excluding hydrogens is 449 g/mol. The third-order valence-corrected chi connectivity index (χ3v) is 6.09. The van der Waals surface area contributed by atoms with Gasteiger partial charge in [-0.05, 0) is 60.0 Å². The van der Waals surface area contributed by atoms with Crippen LogP contribution in [0.2, 0.25) is 0 Å². The Balaban J connectivity index is 1.66. The summed E-state index contributed by atoms with van der Waals surface area (Å²) in [6.45, 7) is 2.80. The number of nitrogens with zero attached hydrogens (tertiary/aromatic N) is 1. The van der Waals surface area contributed by atoms with Gasteiger partial charge in [-0.1, -0.05) is 31.2 Å². The minimum absolute atomic E-state index is 0.0208. The van der Waals surface area contributed by atoms with E-state index in [0.29, 0.717) is 23.7 Å². The maximum atomic E-state index is 14.0. The zero-order valence-corrected chi connectivity index (χ0v) is 19.4. The Morgan fingerprint density at radius 3 is 2.54 bits per heavy atom. The highest BCUT2D eigenvalue weighted by molar-refractivity contribution is 5.99. The number of methoxy groups -OCH3 is 1. The molecule has 35 heavy (non-hydrogen) atoms. The van der Waals surface area contributed by atoms with Gasteiger partial charge in [0.2, 0.25) is 5.76 Å². The first-order valence-electron chi connectivity index (χ1n) is 11.4. The van der Waals surface area contributed by atoms with Crippen LogP contribution in [0.15, 0.2) is 75.9 Å². The van der Waals surface area contributed by atoms with Crippen molar-refractivity contribution in [1.82, 2.24) is 4.90 Å². The molecule has 0 radical (unpaired) electrons. The molecule has 0 aliphatic carbocycles. The Labute approximate surface area is 201 Å². The highest BCUT2D eigenvalue weighted by Crippen LogP contribution is 2.40. The molecular formula is C28H24FNO5. The topological polar surface area (TPSA) is 69.0 Å². The Kier molecular flexibility index (Phi) is 5.99. The molecule has 0 spiro atoms. The molecule has 1 amide bonds. The SMILES string of the molecule is CCCOc1cccc([C@H]2c3c(oc4ccc(F)cc4c3=O)C(=O)N2Cc2ccc(OC)cc2)c1. The summed E-state index contributed by atoms with van der Waals surface area (Å²) >= 11 is 0. The van der Waals surface area contributed by atoms with E-state index in [0.717, 1.165) is 18.1 Å². The highest BCUT2D eigenvalue weighted by Gasteiger charge is 2.42. The number of halogens is 1. The van der Waals surface area contributed by atoms with Gasteiger partial charge in [0.15, 0.2) is 5.43 Å². The maximum Gasteiger partial charge on any atom is 0.291 e. The third-order valence-electron chi connectivity index (χ3n) is 6.09. The Morgan fingerprint density at radius 2 is 1.80 bits per heavy atom. The highest BCUT2D eigenvalue weighted by atomic mass is 19.1. The fourth-order valence-corrected chi connectivity index (χ4v) is 4.42. The van der Waals surface area contributed by atoms with Gasteiger partial charge < -0.3 is 18.8 Å². The molecule has 6 nitrogen and oxygen atoms in total. The molecule has 5 rings (SSSR count). The second-order valence-corrected chi connectivity index (χ2v) is 8.42. The first-order chi connectivity index (χ1) is 17.0. The molecule has 0 unspecified atom stereocenters. The van der Waals surface area contributed by atoms with Crippen molar-refractivity contribution in [2.45, 2.75) is 25.9 Å². The van der Waals surface area contributed by atoms with Gasteiger partial charge in [0.25, 0.3) is 5.91 Å². The minimum Gasteiger partial charge on any atom is -0.497 e. The zero-order valence-electron chi connectivity index (χ0n) is 19.4. The molecule has 0 bridgehead atoms. The summed E-state index contributed by atoms with van der Waals surface area (Å²) in [5.41, 5.74) is 1.53. The average Bonchev–Trinajstić information content (AvgIpc) is 3.15. The van der Waals surface area contributed by atoms with Crippen molar-refractivity contribution < 1.29 is 23.1 Å². The molecule has 0 fully saturated rings. The largest absolute Gasteiger partial charge is 0.497 e. The molecule has 1 atom stereocenters. The predicted molar refractivity (Wildman–Crippen MR) is 129 cm³/mol. The van der Waals surface area contributed by atoms with E-state index in [1.165, 1.54) is 12.1 Å². The van der Waals surface area contributed by atoms with Crippen molar-refractivity contribution >= 4 is 16.9 Å². The van der Waals surface area contributed by atoms with Gasteiger partial charge in [0, 0.05) is 6.54 Å². The molecule has 0 saturated heterocycles. The normalized spacial score (nSPS) is 14.9. The smallest absolute Gasteiger partial charge is 0.291 e. The maximum absolute atomic E-state index is 14.0. The van der Waals surface area contributed by atoms with E-state index >= 15 is 0 Å². The van der Waals surface area contributed by atoms with Crippen molar-refractivity contribution in [2.24, 2.45) is 0 Å². The van der Waals surface area contributed by atoms with E-state index < -0.39 is 23.2 Å². The average molecular weight is 474 g/mol. The number of benzene rings is 3. The molecule has 3 aromatic carbocycles. The van der Waals surface area contributed by atoms with Gasteiger partial charge in [0.1, 0.15) is 22.9 Å². The van der Waals surface area contributed by atoms with Gasteiger partial charge in [-0.25, -0.2) is 4.39 Å². The molecule has 178 valence electrons. The molecule has 7 heteroatoms. The Bertz CT molecular complexity index is 1460. The summed E-state index contributed by atoms with van der Waals surface area (Å²) in [6, 6.07) is 17.7. The third kappa shape index (κ3) is 4.14. The fourth-order valence-electron chi connectivity index (χ4n) is 4.42. The quantitative estimate of drug-likeness (QED) is 0.356. The second-order valence-electron chi connectivity index (χ2n) is 8.42. The summed E-state index contributed by atoms with van der Waals surface area (Å²) in [5.74, 6) is 0.380. The van der Waals surface area contributed by atoms with Crippen LogP contribution in [0.25, 0.3) is 11.0 Å². The second kappa shape index (κ2) is 9.25. The summed E-state index contributed by atoms with van der Waals surface area (Å²) < 4.78 is 30.9. The number of ether oxygens (including phenoxy) is 2. The van der Waals surface area contributed by atoms with E-state index in [4.69, 9.17) is 13.9 Å². The van der Waals surface area contributed by atoms with Crippen LogP contribution < -0.4 is 14.9 Å². The van der Waals surface area contributed by atoms with Crippen molar-refractivity contribution in [3.8, 4) is 11.5 Å². The lowest BCUT2D eigenvalue weighted by molar-refractivity contribution is 0.0714. The van der Waals surface area contributed by atoms with Gasteiger partial charge in [-0.3, -0.25) is 9.59 Å². The molecule has 1 aliphatic heterocycles. The fraction of sp³-hybridized carbons (Fsp3) is 0.214. The minimum atomic E-state index is -0.714. The number of carbonyl (C=O) groups is 1. The van der Waals surface area contributed by atoms with E-state index in [1.54, 1.807) is 12.0 Å². The number of rotatable bonds is 7. The molecule has 4 aromatic rings. The van der Waals surface area contributed by atoms with Crippen molar-refractivity contribution in [2.75, 3.05) is 13.7 Å². The van der Waals surface area contributed by atoms with Gasteiger partial charge in [-0.15, -0.1) is 0 Å². The van der Waals surface area contributed by atoms with Crippen LogP contribution in [0.4, 0.5) is 4.39 Å². The number of carbonyl (C=O) groups excluding carboxylic acids is 1. The molecule has 0 saturated carbocycles. The molecule has 1 aromatic heterocycles. The first-order valence-corrected chi connectivity index (χ1v) is 11.4. The Hall–Kier alpha value is -4.13. The van der Waals surface area contributed by atoms with E-state index in [-0.39, 0.29) is 28.8 Å². The summed E-state index contributed by atoms with van der Waals surface area (Å²) in [7, 11) is 1.59. The zero-order chi connectivity index (χ0) is 24.5. The van der Waals surface area contributed by atoms with Crippen LogP contribution in [0.1, 0.15) is 46.6 Å². The van der Waals surface area contributed by atoms with Crippen LogP contribution in [0.5, 0.6) is 11.5 Å². The van der Waals surface area contributed by atoms with Crippen molar-refractivity contribution in [3.05, 3.63) is 105 Å². The van der Waals surface area contributed by atoms with Crippen LogP contribution in [0, 0.1) is 5.82 Å². The first kappa shape index (κ1) is 22.7. The van der Waals surface area contributed by atoms with Gasteiger partial charge in [0.05, 0.1) is 30.7 Å². The van der Waals surface area contributed by atoms with Gasteiger partial charge >= 0.3 is 0 Å². The van der Waals surface area contributed by atoms with Crippen LogP contribution in [-0.4, -0.2) is 24.5 Å². The van der Waals surface area contributed by atoms with E-state index in [2.05, 4.69) is 0 Å². The number of hydrogen-bond acceptors (Lipinski definition) is 5. The van der Waals surface area contributed by atoms with Crippen LogP contribution in [0.3, 0.4) is 0 Å². The lowest BCUT2D eigenvalue weighted by Crippen LogP contribution is -2.29. The predicted octanol–water partition coefficient (Wildman–Crippen LogP) is 5.47. The molecule has 0 N–H and O–H groups in total. The van der Waals surface area contributed by atoms with E-state index in [9.17, 15) is 14.0 Å².